The highest BCUT2D eigenvalue weighted by Crippen LogP contribution is 2.26. The van der Waals surface area contributed by atoms with Gasteiger partial charge in [0, 0.05) is 29.2 Å². The lowest BCUT2D eigenvalue weighted by molar-refractivity contribution is -0.120. The second-order valence-electron chi connectivity index (χ2n) is 6.92. The Morgan fingerprint density at radius 2 is 1.67 bits per heavy atom. The first-order valence-corrected chi connectivity index (χ1v) is 11.1. The summed E-state index contributed by atoms with van der Waals surface area (Å²) >= 11 is 3.31. The molecule has 2 aromatic carbocycles. The number of anilines is 1. The van der Waals surface area contributed by atoms with Crippen LogP contribution >= 0.6 is 15.9 Å². The smallest absolute Gasteiger partial charge is 0.243 e. The van der Waals surface area contributed by atoms with Crippen molar-refractivity contribution in [2.24, 2.45) is 5.92 Å². The van der Waals surface area contributed by atoms with Crippen LogP contribution in [0.4, 0.5) is 5.69 Å². The van der Waals surface area contributed by atoms with Crippen LogP contribution in [0, 0.1) is 19.8 Å². The van der Waals surface area contributed by atoms with E-state index in [1.807, 2.05) is 32.0 Å². The number of hydrogen-bond donors (Lipinski definition) is 1. The van der Waals surface area contributed by atoms with E-state index in [1.165, 1.54) is 9.87 Å². The molecular formula is C20H23BrN2O3S. The largest absolute Gasteiger partial charge is 0.326 e. The molecule has 1 N–H and O–H groups in total. The van der Waals surface area contributed by atoms with Gasteiger partial charge in [-0.3, -0.25) is 4.79 Å². The molecule has 1 amide bonds. The molecule has 7 heteroatoms. The Labute approximate surface area is 169 Å². The number of amides is 1. The third-order valence-electron chi connectivity index (χ3n) is 5.05. The van der Waals surface area contributed by atoms with Crippen molar-refractivity contribution in [2.45, 2.75) is 31.6 Å². The van der Waals surface area contributed by atoms with Gasteiger partial charge in [-0.25, -0.2) is 8.42 Å². The van der Waals surface area contributed by atoms with Gasteiger partial charge in [0.05, 0.1) is 4.90 Å². The van der Waals surface area contributed by atoms with Gasteiger partial charge >= 0.3 is 0 Å². The molecule has 0 saturated carbocycles. The topological polar surface area (TPSA) is 66.5 Å². The Morgan fingerprint density at radius 3 is 2.26 bits per heavy atom. The lowest BCUT2D eigenvalue weighted by Gasteiger charge is -2.30. The fourth-order valence-electron chi connectivity index (χ4n) is 3.18. The van der Waals surface area contributed by atoms with Crippen LogP contribution < -0.4 is 5.32 Å². The van der Waals surface area contributed by atoms with E-state index in [-0.39, 0.29) is 16.7 Å². The van der Waals surface area contributed by atoms with Crippen LogP contribution in [0.2, 0.25) is 0 Å². The molecule has 1 fully saturated rings. The highest BCUT2D eigenvalue weighted by atomic mass is 79.9. The molecule has 0 unspecified atom stereocenters. The van der Waals surface area contributed by atoms with Gasteiger partial charge in [-0.05, 0) is 74.2 Å². The van der Waals surface area contributed by atoms with Gasteiger partial charge < -0.3 is 5.32 Å². The summed E-state index contributed by atoms with van der Waals surface area (Å²) < 4.78 is 27.8. The van der Waals surface area contributed by atoms with Crippen molar-refractivity contribution >= 4 is 37.5 Å². The average Bonchev–Trinajstić information content (AvgIpc) is 2.65. The molecule has 1 saturated heterocycles. The number of aryl methyl sites for hydroxylation is 2. The molecule has 1 aliphatic heterocycles. The van der Waals surface area contributed by atoms with Crippen molar-refractivity contribution in [1.82, 2.24) is 4.31 Å². The summed E-state index contributed by atoms with van der Waals surface area (Å²) in [6.45, 7) is 4.74. The minimum absolute atomic E-state index is 0.0426. The summed E-state index contributed by atoms with van der Waals surface area (Å²) in [4.78, 5) is 12.8. The molecule has 0 spiro atoms. The highest BCUT2D eigenvalue weighted by Gasteiger charge is 2.32. The van der Waals surface area contributed by atoms with E-state index >= 15 is 0 Å². The normalized spacial score (nSPS) is 16.3. The van der Waals surface area contributed by atoms with E-state index in [9.17, 15) is 13.2 Å². The zero-order valence-corrected chi connectivity index (χ0v) is 17.8. The summed E-state index contributed by atoms with van der Waals surface area (Å²) in [5, 5.41) is 2.96. The van der Waals surface area contributed by atoms with E-state index < -0.39 is 10.0 Å². The second-order valence-corrected chi connectivity index (χ2v) is 9.77. The van der Waals surface area contributed by atoms with E-state index in [2.05, 4.69) is 21.2 Å². The zero-order chi connectivity index (χ0) is 19.6. The van der Waals surface area contributed by atoms with Crippen LogP contribution in [0.1, 0.15) is 24.0 Å². The molecule has 1 heterocycles. The van der Waals surface area contributed by atoms with Crippen LogP contribution in [0.5, 0.6) is 0 Å². The molecule has 0 bridgehead atoms. The van der Waals surface area contributed by atoms with E-state index in [0.717, 1.165) is 15.7 Å². The molecule has 0 atom stereocenters. The molecule has 3 rings (SSSR count). The number of halogens is 1. The van der Waals surface area contributed by atoms with Gasteiger partial charge in [-0.1, -0.05) is 22.0 Å². The molecule has 5 nitrogen and oxygen atoms in total. The minimum Gasteiger partial charge on any atom is -0.326 e. The Bertz CT molecular complexity index is 934. The molecular weight excluding hydrogens is 428 g/mol. The standard InChI is InChI=1S/C20H23BrN2O3S/c1-14-3-6-18(13-15(14)2)22-20(24)16-9-11-23(12-10-16)27(25,26)19-7-4-17(21)5-8-19/h3-8,13,16H,9-12H2,1-2H3,(H,22,24). The molecule has 0 aromatic heterocycles. The quantitative estimate of drug-likeness (QED) is 0.761. The lowest BCUT2D eigenvalue weighted by Crippen LogP contribution is -2.41. The number of sulfonamides is 1. The van der Waals surface area contributed by atoms with Gasteiger partial charge in [0.15, 0.2) is 0 Å². The lowest BCUT2D eigenvalue weighted by atomic mass is 9.97. The SMILES string of the molecule is Cc1ccc(NC(=O)C2CCN(S(=O)(=O)c3ccc(Br)cc3)CC2)cc1C. The van der Waals surface area contributed by atoms with Crippen molar-refractivity contribution < 1.29 is 13.2 Å². The van der Waals surface area contributed by atoms with E-state index in [4.69, 9.17) is 0 Å². The molecule has 1 aliphatic rings. The van der Waals surface area contributed by atoms with Crippen molar-refractivity contribution in [3.05, 3.63) is 58.1 Å². The average molecular weight is 451 g/mol. The number of hydrogen-bond acceptors (Lipinski definition) is 3. The first kappa shape index (κ1) is 20.0. The molecule has 2 aromatic rings. The van der Waals surface area contributed by atoms with Crippen molar-refractivity contribution in [2.75, 3.05) is 18.4 Å². The van der Waals surface area contributed by atoms with Gasteiger partial charge in [-0.2, -0.15) is 4.31 Å². The minimum atomic E-state index is -3.52. The number of carbonyl (C=O) groups excluding carboxylic acids is 1. The summed E-state index contributed by atoms with van der Waals surface area (Å²) in [6.07, 6.45) is 1.04. The molecule has 27 heavy (non-hydrogen) atoms. The predicted octanol–water partition coefficient (Wildman–Crippen LogP) is 4.11. The van der Waals surface area contributed by atoms with Gasteiger partial charge in [0.1, 0.15) is 0 Å². The van der Waals surface area contributed by atoms with Gasteiger partial charge in [-0.15, -0.1) is 0 Å². The number of piperidine rings is 1. The predicted molar refractivity (Wildman–Crippen MR) is 110 cm³/mol. The van der Waals surface area contributed by atoms with Crippen LogP contribution in [0.15, 0.2) is 51.8 Å². The van der Waals surface area contributed by atoms with Gasteiger partial charge in [0.25, 0.3) is 0 Å². The fourth-order valence-corrected chi connectivity index (χ4v) is 4.91. The maximum absolute atomic E-state index is 12.7. The Hall–Kier alpha value is -1.70. The van der Waals surface area contributed by atoms with Crippen LogP contribution in [0.3, 0.4) is 0 Å². The Kier molecular flexibility index (Phi) is 6.03. The van der Waals surface area contributed by atoms with Crippen molar-refractivity contribution in [3.8, 4) is 0 Å². The van der Waals surface area contributed by atoms with Crippen LogP contribution in [-0.4, -0.2) is 31.7 Å². The Balaban J connectivity index is 1.61. The first-order valence-electron chi connectivity index (χ1n) is 8.91. The second kappa shape index (κ2) is 8.12. The monoisotopic (exact) mass is 450 g/mol. The maximum atomic E-state index is 12.7. The third-order valence-corrected chi connectivity index (χ3v) is 7.49. The number of nitrogens with zero attached hydrogens (tertiary/aromatic N) is 1. The summed E-state index contributed by atoms with van der Waals surface area (Å²) in [5.74, 6) is -0.220. The first-order chi connectivity index (χ1) is 12.8. The van der Waals surface area contributed by atoms with Gasteiger partial charge in [0.2, 0.25) is 15.9 Å². The summed E-state index contributed by atoms with van der Waals surface area (Å²) in [6, 6.07) is 12.5. The highest BCUT2D eigenvalue weighted by molar-refractivity contribution is 9.10. The molecule has 0 radical (unpaired) electrons. The Morgan fingerprint density at radius 1 is 1.04 bits per heavy atom. The number of rotatable bonds is 4. The molecule has 144 valence electrons. The summed E-state index contributed by atoms with van der Waals surface area (Å²) in [5.41, 5.74) is 3.09. The van der Waals surface area contributed by atoms with E-state index in [1.54, 1.807) is 24.3 Å². The van der Waals surface area contributed by atoms with Crippen molar-refractivity contribution in [1.29, 1.82) is 0 Å². The summed E-state index contributed by atoms with van der Waals surface area (Å²) in [7, 11) is -3.52. The number of benzene rings is 2. The van der Waals surface area contributed by atoms with Crippen LogP contribution in [0.25, 0.3) is 0 Å². The molecule has 0 aliphatic carbocycles. The van der Waals surface area contributed by atoms with Crippen molar-refractivity contribution in [3.63, 3.8) is 0 Å². The number of nitrogens with one attached hydrogen (secondary N) is 1. The number of carbonyl (C=O) groups is 1. The fraction of sp³-hybridized carbons (Fsp3) is 0.350. The van der Waals surface area contributed by atoms with E-state index in [0.29, 0.717) is 25.9 Å². The third kappa shape index (κ3) is 4.59. The zero-order valence-electron chi connectivity index (χ0n) is 15.4. The maximum Gasteiger partial charge on any atom is 0.243 e. The van der Waals surface area contributed by atoms with Crippen LogP contribution in [-0.2, 0) is 14.8 Å².